The quantitative estimate of drug-likeness (QED) is 0.856. The lowest BCUT2D eigenvalue weighted by atomic mass is 9.84. The molecule has 2 N–H and O–H groups in total. The predicted molar refractivity (Wildman–Crippen MR) is 79.3 cm³/mol. The fraction of sp³-hybridized carbons (Fsp3) is 0.235. The highest BCUT2D eigenvalue weighted by atomic mass is 16.5. The van der Waals surface area contributed by atoms with Crippen molar-refractivity contribution in [3.63, 3.8) is 0 Å². The first kappa shape index (κ1) is 15.1. The summed E-state index contributed by atoms with van der Waals surface area (Å²) in [5, 5.41) is 19.9. The Bertz CT molecular complexity index is 592. The van der Waals surface area contributed by atoms with Crippen LogP contribution in [-0.2, 0) is 16.8 Å². The summed E-state index contributed by atoms with van der Waals surface area (Å²) in [6.45, 7) is 0. The third kappa shape index (κ3) is 3.83. The van der Waals surface area contributed by atoms with Gasteiger partial charge in [-0.3, -0.25) is 4.79 Å². The maximum atomic E-state index is 11.1. The van der Waals surface area contributed by atoms with Gasteiger partial charge in [-0.15, -0.1) is 0 Å². The van der Waals surface area contributed by atoms with Crippen molar-refractivity contribution in [1.29, 1.82) is 0 Å². The van der Waals surface area contributed by atoms with E-state index in [2.05, 4.69) is 0 Å². The van der Waals surface area contributed by atoms with E-state index in [9.17, 15) is 9.90 Å². The first-order chi connectivity index (χ1) is 10.0. The summed E-state index contributed by atoms with van der Waals surface area (Å²) in [6, 6.07) is 16.1. The fourth-order valence-electron chi connectivity index (χ4n) is 2.35. The third-order valence-electron chi connectivity index (χ3n) is 3.41. The highest BCUT2D eigenvalue weighted by Gasteiger charge is 2.32. The number of carboxylic acid groups (broad SMARTS) is 1. The Morgan fingerprint density at radius 3 is 2.24 bits per heavy atom. The van der Waals surface area contributed by atoms with Gasteiger partial charge in [-0.05, 0) is 23.3 Å². The predicted octanol–water partition coefficient (Wildman–Crippen LogP) is 2.60. The monoisotopic (exact) mass is 286 g/mol. The zero-order valence-corrected chi connectivity index (χ0v) is 11.8. The van der Waals surface area contributed by atoms with Crippen LogP contribution in [0.15, 0.2) is 54.6 Å². The van der Waals surface area contributed by atoms with Crippen LogP contribution in [0.25, 0.3) is 0 Å². The van der Waals surface area contributed by atoms with Gasteiger partial charge in [0.25, 0.3) is 0 Å². The minimum atomic E-state index is -1.43. The number of methoxy groups -OCH3 is 1. The summed E-state index contributed by atoms with van der Waals surface area (Å²) < 4.78 is 5.09. The standard InChI is InChI=1S/C17H18O4/c1-21-15-9-7-13(8-10-15)11-17(20,12-16(18)19)14-5-3-2-4-6-14/h2-10,20H,11-12H2,1H3,(H,18,19). The summed E-state index contributed by atoms with van der Waals surface area (Å²) in [4.78, 5) is 11.1. The number of benzene rings is 2. The molecule has 2 aromatic carbocycles. The Hall–Kier alpha value is -2.33. The van der Waals surface area contributed by atoms with Crippen LogP contribution in [0.2, 0.25) is 0 Å². The average Bonchev–Trinajstić information content (AvgIpc) is 2.48. The maximum Gasteiger partial charge on any atom is 0.306 e. The van der Waals surface area contributed by atoms with Crippen LogP contribution in [-0.4, -0.2) is 23.3 Å². The van der Waals surface area contributed by atoms with Gasteiger partial charge in [-0.2, -0.15) is 0 Å². The van der Waals surface area contributed by atoms with Crippen LogP contribution in [0.4, 0.5) is 0 Å². The number of carbonyl (C=O) groups is 1. The van der Waals surface area contributed by atoms with Gasteiger partial charge in [0, 0.05) is 6.42 Å². The first-order valence-corrected chi connectivity index (χ1v) is 6.66. The minimum Gasteiger partial charge on any atom is -0.497 e. The van der Waals surface area contributed by atoms with Gasteiger partial charge < -0.3 is 14.9 Å². The molecule has 1 unspecified atom stereocenters. The van der Waals surface area contributed by atoms with E-state index in [1.807, 2.05) is 18.2 Å². The van der Waals surface area contributed by atoms with Gasteiger partial charge in [0.1, 0.15) is 11.4 Å². The minimum absolute atomic E-state index is 0.229. The van der Waals surface area contributed by atoms with Crippen LogP contribution >= 0.6 is 0 Å². The largest absolute Gasteiger partial charge is 0.497 e. The van der Waals surface area contributed by atoms with Crippen LogP contribution in [0.1, 0.15) is 17.5 Å². The van der Waals surface area contributed by atoms with E-state index in [1.165, 1.54) is 0 Å². The molecule has 0 saturated carbocycles. The van der Waals surface area contributed by atoms with Gasteiger partial charge in [-0.25, -0.2) is 0 Å². The molecule has 0 amide bonds. The third-order valence-corrected chi connectivity index (χ3v) is 3.41. The van der Waals surface area contributed by atoms with E-state index in [-0.39, 0.29) is 12.8 Å². The average molecular weight is 286 g/mol. The van der Waals surface area contributed by atoms with E-state index in [4.69, 9.17) is 9.84 Å². The summed E-state index contributed by atoms with van der Waals surface area (Å²) in [7, 11) is 1.58. The SMILES string of the molecule is COc1ccc(CC(O)(CC(=O)O)c2ccccc2)cc1. The molecule has 4 heteroatoms. The number of aliphatic carboxylic acids is 1. The van der Waals surface area contributed by atoms with Crippen molar-refractivity contribution in [2.24, 2.45) is 0 Å². The van der Waals surface area contributed by atoms with Crippen molar-refractivity contribution in [3.05, 3.63) is 65.7 Å². The molecule has 0 bridgehead atoms. The van der Waals surface area contributed by atoms with Crippen LogP contribution in [0, 0.1) is 0 Å². The Balaban J connectivity index is 2.29. The van der Waals surface area contributed by atoms with Crippen molar-refractivity contribution < 1.29 is 19.7 Å². The highest BCUT2D eigenvalue weighted by Crippen LogP contribution is 2.30. The smallest absolute Gasteiger partial charge is 0.306 e. The second-order valence-electron chi connectivity index (χ2n) is 4.99. The van der Waals surface area contributed by atoms with Crippen molar-refractivity contribution in [2.75, 3.05) is 7.11 Å². The van der Waals surface area contributed by atoms with Crippen molar-refractivity contribution in [2.45, 2.75) is 18.4 Å². The molecular formula is C17H18O4. The van der Waals surface area contributed by atoms with Gasteiger partial charge in [0.05, 0.1) is 13.5 Å². The number of hydrogen-bond acceptors (Lipinski definition) is 3. The molecular weight excluding hydrogens is 268 g/mol. The van der Waals surface area contributed by atoms with Crippen molar-refractivity contribution in [3.8, 4) is 5.75 Å². The number of ether oxygens (including phenoxy) is 1. The lowest BCUT2D eigenvalue weighted by Gasteiger charge is -2.27. The van der Waals surface area contributed by atoms with E-state index in [0.717, 1.165) is 11.3 Å². The van der Waals surface area contributed by atoms with E-state index < -0.39 is 11.6 Å². The highest BCUT2D eigenvalue weighted by molar-refractivity contribution is 5.68. The van der Waals surface area contributed by atoms with Crippen LogP contribution in [0.5, 0.6) is 5.75 Å². The number of carboxylic acids is 1. The fourth-order valence-corrected chi connectivity index (χ4v) is 2.35. The summed E-state index contributed by atoms with van der Waals surface area (Å²) in [6.07, 6.45) is -0.115. The van der Waals surface area contributed by atoms with Crippen LogP contribution < -0.4 is 4.74 Å². The van der Waals surface area contributed by atoms with Gasteiger partial charge in [-0.1, -0.05) is 42.5 Å². The molecule has 0 aliphatic carbocycles. The van der Waals surface area contributed by atoms with Gasteiger partial charge in [0.2, 0.25) is 0 Å². The lowest BCUT2D eigenvalue weighted by molar-refractivity contribution is -0.143. The molecule has 2 rings (SSSR count). The first-order valence-electron chi connectivity index (χ1n) is 6.66. The molecule has 0 aromatic heterocycles. The molecule has 21 heavy (non-hydrogen) atoms. The van der Waals surface area contributed by atoms with Crippen molar-refractivity contribution in [1.82, 2.24) is 0 Å². The normalized spacial score (nSPS) is 13.4. The van der Waals surface area contributed by atoms with E-state index >= 15 is 0 Å². The van der Waals surface area contributed by atoms with E-state index in [1.54, 1.807) is 43.5 Å². The number of hydrogen-bond donors (Lipinski definition) is 2. The molecule has 110 valence electrons. The topological polar surface area (TPSA) is 66.8 Å². The molecule has 0 aliphatic rings. The van der Waals surface area contributed by atoms with Gasteiger partial charge >= 0.3 is 5.97 Å². The zero-order chi connectivity index (χ0) is 15.3. The molecule has 0 aliphatic heterocycles. The molecule has 2 aromatic rings. The zero-order valence-electron chi connectivity index (χ0n) is 11.8. The van der Waals surface area contributed by atoms with Gasteiger partial charge in [0.15, 0.2) is 0 Å². The van der Waals surface area contributed by atoms with Crippen molar-refractivity contribution >= 4 is 5.97 Å². The molecule has 0 fully saturated rings. The maximum absolute atomic E-state index is 11.1. The molecule has 0 heterocycles. The Morgan fingerprint density at radius 1 is 1.10 bits per heavy atom. The molecule has 1 atom stereocenters. The van der Waals surface area contributed by atoms with E-state index in [0.29, 0.717) is 5.56 Å². The number of rotatable bonds is 6. The Kier molecular flexibility index (Phi) is 4.60. The second-order valence-corrected chi connectivity index (χ2v) is 4.99. The Morgan fingerprint density at radius 2 is 1.71 bits per heavy atom. The van der Waals surface area contributed by atoms with Crippen LogP contribution in [0.3, 0.4) is 0 Å². The summed E-state index contributed by atoms with van der Waals surface area (Å²) >= 11 is 0. The lowest BCUT2D eigenvalue weighted by Crippen LogP contribution is -2.31. The Labute approximate surface area is 123 Å². The molecule has 4 nitrogen and oxygen atoms in total. The summed E-state index contributed by atoms with van der Waals surface area (Å²) in [5.74, 6) is -0.310. The summed E-state index contributed by atoms with van der Waals surface area (Å²) in [5.41, 5.74) is 0.0217. The molecule has 0 spiro atoms. The molecule has 0 saturated heterocycles. The second kappa shape index (κ2) is 6.41. The molecule has 0 radical (unpaired) electrons. The number of aliphatic hydroxyl groups is 1.